The van der Waals surface area contributed by atoms with Gasteiger partial charge in [-0.05, 0) is 77.1 Å². The third-order valence-electron chi connectivity index (χ3n) is 6.57. The van der Waals surface area contributed by atoms with Crippen LogP contribution in [0.4, 0.5) is 9.18 Å². The van der Waals surface area contributed by atoms with Gasteiger partial charge in [0.25, 0.3) is 0 Å². The number of carbonyl (C=O) groups is 1. The van der Waals surface area contributed by atoms with E-state index in [1.165, 1.54) is 6.07 Å². The Morgan fingerprint density at radius 1 is 1.31 bits per heavy atom. The highest BCUT2D eigenvalue weighted by Crippen LogP contribution is 2.39. The smallest absolute Gasteiger partial charge is 0.408 e. The Kier molecular flexibility index (Phi) is 8.36. The van der Waals surface area contributed by atoms with Crippen LogP contribution < -0.4 is 5.32 Å². The SMILES string of the molecule is Cc1c(C)n(COCC[Si](C)(C)C)c2c(C#N)cc(F)c(C3=CC(NC(=O)OC(C)(C)C)CCC3)c12. The predicted octanol–water partition coefficient (Wildman–Crippen LogP) is 7.04. The molecule has 3 rings (SSSR count). The number of amides is 1. The summed E-state index contributed by atoms with van der Waals surface area (Å²) in [7, 11) is -1.23. The first-order valence-electron chi connectivity index (χ1n) is 12.7. The van der Waals surface area contributed by atoms with Crippen LogP contribution in [0.25, 0.3) is 16.5 Å². The van der Waals surface area contributed by atoms with E-state index in [0.29, 0.717) is 36.4 Å². The Morgan fingerprint density at radius 3 is 2.61 bits per heavy atom. The van der Waals surface area contributed by atoms with E-state index in [-0.39, 0.29) is 6.04 Å². The van der Waals surface area contributed by atoms with Crippen LogP contribution in [0.3, 0.4) is 0 Å². The minimum absolute atomic E-state index is 0.248. The van der Waals surface area contributed by atoms with Gasteiger partial charge in [0.05, 0.1) is 17.1 Å². The minimum atomic E-state index is -1.23. The fraction of sp³-hybridized carbons (Fsp3) is 0.571. The van der Waals surface area contributed by atoms with Gasteiger partial charge in [-0.3, -0.25) is 0 Å². The summed E-state index contributed by atoms with van der Waals surface area (Å²) in [5, 5.41) is 13.5. The van der Waals surface area contributed by atoms with Crippen molar-refractivity contribution >= 4 is 30.6 Å². The Morgan fingerprint density at radius 2 is 2.00 bits per heavy atom. The summed E-state index contributed by atoms with van der Waals surface area (Å²) in [6.07, 6.45) is 3.72. The number of benzene rings is 1. The van der Waals surface area contributed by atoms with E-state index < -0.39 is 25.6 Å². The molecule has 0 radical (unpaired) electrons. The Hall–Kier alpha value is -2.63. The summed E-state index contributed by atoms with van der Waals surface area (Å²) in [6.45, 7) is 17.3. The molecule has 0 saturated carbocycles. The molecule has 1 unspecified atom stereocenters. The zero-order chi connectivity index (χ0) is 26.8. The van der Waals surface area contributed by atoms with Gasteiger partial charge in [0.2, 0.25) is 0 Å². The maximum atomic E-state index is 15.6. The number of aryl methyl sites for hydroxylation is 1. The molecule has 6 nitrogen and oxygen atoms in total. The van der Waals surface area contributed by atoms with Crippen molar-refractivity contribution in [3.05, 3.63) is 40.3 Å². The van der Waals surface area contributed by atoms with Crippen molar-refractivity contribution in [1.29, 1.82) is 5.26 Å². The number of halogens is 1. The van der Waals surface area contributed by atoms with E-state index in [9.17, 15) is 10.1 Å². The first-order chi connectivity index (χ1) is 16.7. The van der Waals surface area contributed by atoms with Crippen LogP contribution in [0.2, 0.25) is 25.7 Å². The quantitative estimate of drug-likeness (QED) is 0.318. The summed E-state index contributed by atoms with van der Waals surface area (Å²) < 4.78 is 29.0. The number of hydrogen-bond donors (Lipinski definition) is 1. The maximum absolute atomic E-state index is 15.6. The monoisotopic (exact) mass is 513 g/mol. The third-order valence-corrected chi connectivity index (χ3v) is 8.27. The lowest BCUT2D eigenvalue weighted by Gasteiger charge is -2.26. The van der Waals surface area contributed by atoms with Crippen molar-refractivity contribution in [3.63, 3.8) is 0 Å². The molecule has 0 saturated heterocycles. The lowest BCUT2D eigenvalue weighted by molar-refractivity contribution is 0.0511. The fourth-order valence-corrected chi connectivity index (χ4v) is 5.39. The standard InChI is InChI=1S/C28H40FN3O3Si/c1-18-19(2)32(17-34-12-13-36(6,7)8)26-21(16-30)15-23(29)25(24(18)26)20-10-9-11-22(14-20)31-27(33)35-28(3,4)5/h14-15,22H,9-13,17H2,1-8H3,(H,31,33). The highest BCUT2D eigenvalue weighted by Gasteiger charge is 2.27. The number of fused-ring (bicyclic) bond motifs is 1. The molecule has 1 heterocycles. The molecule has 0 aliphatic heterocycles. The number of aromatic nitrogens is 1. The number of carbonyl (C=O) groups excluding carboxylic acids is 1. The molecule has 0 spiro atoms. The van der Waals surface area contributed by atoms with Crippen LogP contribution in [0.5, 0.6) is 0 Å². The van der Waals surface area contributed by atoms with Gasteiger partial charge in [-0.25, -0.2) is 9.18 Å². The second-order valence-corrected chi connectivity index (χ2v) is 17.6. The van der Waals surface area contributed by atoms with E-state index in [4.69, 9.17) is 9.47 Å². The van der Waals surface area contributed by atoms with E-state index >= 15 is 4.39 Å². The number of allylic oxidation sites excluding steroid dienone is 1. The van der Waals surface area contributed by atoms with Crippen molar-refractivity contribution < 1.29 is 18.7 Å². The second kappa shape index (κ2) is 10.8. The lowest BCUT2D eigenvalue weighted by Crippen LogP contribution is -2.39. The van der Waals surface area contributed by atoms with Crippen molar-refractivity contribution in [1.82, 2.24) is 9.88 Å². The molecular formula is C28H40FN3O3Si. The van der Waals surface area contributed by atoms with Crippen LogP contribution in [-0.2, 0) is 16.2 Å². The highest BCUT2D eigenvalue weighted by atomic mass is 28.3. The molecule has 196 valence electrons. The van der Waals surface area contributed by atoms with Gasteiger partial charge in [0.15, 0.2) is 0 Å². The molecule has 1 N–H and O–H groups in total. The molecule has 1 atom stereocenters. The van der Waals surface area contributed by atoms with E-state index in [0.717, 1.165) is 41.1 Å². The Labute approximate surface area is 215 Å². The summed E-state index contributed by atoms with van der Waals surface area (Å²) in [5.74, 6) is -0.414. The van der Waals surface area contributed by atoms with Gasteiger partial charge in [0.1, 0.15) is 24.2 Å². The molecule has 1 amide bonds. The van der Waals surface area contributed by atoms with Gasteiger partial charge in [0, 0.05) is 31.3 Å². The van der Waals surface area contributed by atoms with Crippen LogP contribution in [0.1, 0.15) is 62.4 Å². The molecule has 0 fully saturated rings. The largest absolute Gasteiger partial charge is 0.444 e. The van der Waals surface area contributed by atoms with Gasteiger partial charge in [-0.15, -0.1) is 0 Å². The number of nitrogens with one attached hydrogen (secondary N) is 1. The number of rotatable bonds is 7. The average molecular weight is 514 g/mol. The van der Waals surface area contributed by atoms with Gasteiger partial charge in [-0.1, -0.05) is 25.7 Å². The van der Waals surface area contributed by atoms with Crippen molar-refractivity contribution in [2.24, 2.45) is 0 Å². The van der Waals surface area contributed by atoms with Gasteiger partial charge in [-0.2, -0.15) is 5.26 Å². The zero-order valence-electron chi connectivity index (χ0n) is 23.0. The summed E-state index contributed by atoms with van der Waals surface area (Å²) in [4.78, 5) is 12.3. The van der Waals surface area contributed by atoms with Gasteiger partial charge >= 0.3 is 6.09 Å². The third kappa shape index (κ3) is 6.57. The first kappa shape index (κ1) is 27.9. The van der Waals surface area contributed by atoms with Crippen molar-refractivity contribution in [2.45, 2.75) is 97.9 Å². The molecule has 1 aliphatic rings. The molecule has 8 heteroatoms. The number of hydrogen-bond acceptors (Lipinski definition) is 4. The predicted molar refractivity (Wildman–Crippen MR) is 145 cm³/mol. The lowest BCUT2D eigenvalue weighted by atomic mass is 9.87. The maximum Gasteiger partial charge on any atom is 0.408 e. The van der Waals surface area contributed by atoms with Crippen molar-refractivity contribution in [2.75, 3.05) is 6.61 Å². The summed E-state index contributed by atoms with van der Waals surface area (Å²) in [6, 6.07) is 4.33. The topological polar surface area (TPSA) is 76.3 Å². The first-order valence-corrected chi connectivity index (χ1v) is 16.4. The normalized spacial score (nSPS) is 16.6. The minimum Gasteiger partial charge on any atom is -0.444 e. The number of ether oxygens (including phenoxy) is 2. The Bertz CT molecular complexity index is 1210. The second-order valence-electron chi connectivity index (χ2n) is 11.9. The molecular weight excluding hydrogens is 473 g/mol. The Balaban J connectivity index is 2.02. The van der Waals surface area contributed by atoms with Gasteiger partial charge < -0.3 is 19.4 Å². The molecule has 1 aromatic carbocycles. The molecule has 1 aromatic heterocycles. The van der Waals surface area contributed by atoms with Crippen LogP contribution in [-0.4, -0.2) is 37.0 Å². The number of nitriles is 1. The fourth-order valence-electron chi connectivity index (χ4n) is 4.63. The molecule has 0 bridgehead atoms. The summed E-state index contributed by atoms with van der Waals surface area (Å²) in [5.41, 5.74) is 3.67. The van der Waals surface area contributed by atoms with E-state index in [1.807, 2.05) is 45.3 Å². The highest BCUT2D eigenvalue weighted by molar-refractivity contribution is 6.76. The van der Waals surface area contributed by atoms with Crippen LogP contribution >= 0.6 is 0 Å². The average Bonchev–Trinajstić information content (AvgIpc) is 2.99. The van der Waals surface area contributed by atoms with E-state index in [2.05, 4.69) is 31.0 Å². The van der Waals surface area contributed by atoms with Crippen LogP contribution in [0.15, 0.2) is 12.1 Å². The summed E-state index contributed by atoms with van der Waals surface area (Å²) >= 11 is 0. The zero-order valence-corrected chi connectivity index (χ0v) is 24.0. The van der Waals surface area contributed by atoms with Crippen molar-refractivity contribution in [3.8, 4) is 6.07 Å². The van der Waals surface area contributed by atoms with E-state index in [1.54, 1.807) is 0 Å². The number of alkyl carbamates (subject to hydrolysis) is 1. The molecule has 36 heavy (non-hydrogen) atoms. The number of nitrogens with zero attached hydrogens (tertiary/aromatic N) is 2. The van der Waals surface area contributed by atoms with Crippen LogP contribution in [0, 0.1) is 31.0 Å². The molecule has 1 aliphatic carbocycles. The molecule has 2 aromatic rings.